The van der Waals surface area contributed by atoms with Crippen LogP contribution in [0.4, 0.5) is 4.79 Å². The highest BCUT2D eigenvalue weighted by Gasteiger charge is 2.42. The predicted molar refractivity (Wildman–Crippen MR) is 129 cm³/mol. The summed E-state index contributed by atoms with van der Waals surface area (Å²) in [5, 5.41) is 12.2. The number of carbonyl (C=O) groups is 4. The second kappa shape index (κ2) is 15.8. The normalized spacial score (nSPS) is 21.1. The number of amides is 5. The van der Waals surface area contributed by atoms with Crippen molar-refractivity contribution in [2.75, 3.05) is 18.8 Å². The lowest BCUT2D eigenvalue weighted by atomic mass is 10.0. The van der Waals surface area contributed by atoms with Crippen LogP contribution in [0, 0.1) is 0 Å². The number of rotatable bonds is 17. The van der Waals surface area contributed by atoms with Gasteiger partial charge in [0.05, 0.1) is 12.1 Å². The maximum absolute atomic E-state index is 12.0. The number of nitrogens with two attached hydrogens (primary N) is 1. The van der Waals surface area contributed by atoms with Crippen molar-refractivity contribution < 1.29 is 19.2 Å². The Balaban J connectivity index is 1.34. The largest absolute Gasteiger partial charge is 0.356 e. The molecule has 7 N–H and O–H groups in total. The van der Waals surface area contributed by atoms with E-state index in [0.29, 0.717) is 37.6 Å². The molecule has 5 amide bonds. The minimum absolute atomic E-state index is 0.0541. The summed E-state index contributed by atoms with van der Waals surface area (Å²) in [7, 11) is 0. The fourth-order valence-corrected chi connectivity index (χ4v) is 5.70. The molecule has 0 saturated carbocycles. The SMILES string of the molecule is NNC(=O)CCCCCNC(=O)CCCCCNC(=O)CCCCC1SC[C@@H]2NC(=O)N[C@H]12. The minimum atomic E-state index is -0.161. The van der Waals surface area contributed by atoms with Crippen molar-refractivity contribution in [1.29, 1.82) is 0 Å². The number of carbonyl (C=O) groups excluding carboxylic acids is 4. The molecule has 0 aromatic carbocycles. The van der Waals surface area contributed by atoms with E-state index in [1.807, 2.05) is 11.8 Å². The average molecular weight is 485 g/mol. The lowest BCUT2D eigenvalue weighted by Crippen LogP contribution is -2.36. The van der Waals surface area contributed by atoms with Crippen LogP contribution in [0.2, 0.25) is 0 Å². The van der Waals surface area contributed by atoms with Crippen LogP contribution in [0.5, 0.6) is 0 Å². The Morgan fingerprint density at radius 1 is 0.818 bits per heavy atom. The molecule has 2 saturated heterocycles. The molecule has 33 heavy (non-hydrogen) atoms. The molecule has 188 valence electrons. The number of nitrogens with one attached hydrogen (secondary N) is 5. The van der Waals surface area contributed by atoms with Gasteiger partial charge in [-0.2, -0.15) is 11.8 Å². The highest BCUT2D eigenvalue weighted by Crippen LogP contribution is 2.33. The second-order valence-electron chi connectivity index (χ2n) is 8.76. The summed E-state index contributed by atoms with van der Waals surface area (Å²) in [5.41, 5.74) is 2.10. The summed E-state index contributed by atoms with van der Waals surface area (Å²) >= 11 is 1.90. The third kappa shape index (κ3) is 11.1. The molecule has 2 heterocycles. The topological polar surface area (TPSA) is 154 Å². The number of thioether (sulfide) groups is 1. The van der Waals surface area contributed by atoms with Gasteiger partial charge in [-0.05, 0) is 38.5 Å². The maximum atomic E-state index is 12.0. The number of unbranched alkanes of at least 4 members (excludes halogenated alkanes) is 5. The highest BCUT2D eigenvalue weighted by molar-refractivity contribution is 8.00. The first kappa shape index (κ1) is 27.2. The van der Waals surface area contributed by atoms with Gasteiger partial charge in [0.1, 0.15) is 0 Å². The van der Waals surface area contributed by atoms with Gasteiger partial charge in [-0.1, -0.05) is 19.3 Å². The third-order valence-corrected chi connectivity index (χ3v) is 7.56. The van der Waals surface area contributed by atoms with Crippen LogP contribution >= 0.6 is 11.8 Å². The number of fused-ring (bicyclic) bond motifs is 1. The van der Waals surface area contributed by atoms with Gasteiger partial charge in [-0.3, -0.25) is 19.8 Å². The van der Waals surface area contributed by atoms with E-state index in [1.54, 1.807) is 0 Å². The quantitative estimate of drug-likeness (QED) is 0.0596. The zero-order valence-electron chi connectivity index (χ0n) is 19.5. The molecule has 0 bridgehead atoms. The van der Waals surface area contributed by atoms with Crippen LogP contribution in [0.1, 0.15) is 77.0 Å². The van der Waals surface area contributed by atoms with Crippen molar-refractivity contribution in [1.82, 2.24) is 26.7 Å². The molecular formula is C22H40N6O4S. The third-order valence-electron chi connectivity index (χ3n) is 6.05. The fourth-order valence-electron chi connectivity index (χ4n) is 4.15. The Morgan fingerprint density at radius 3 is 2.00 bits per heavy atom. The van der Waals surface area contributed by atoms with Crippen LogP contribution < -0.4 is 32.5 Å². The highest BCUT2D eigenvalue weighted by atomic mass is 32.2. The first-order chi connectivity index (χ1) is 16.0. The zero-order chi connectivity index (χ0) is 23.9. The number of urea groups is 1. The summed E-state index contributed by atoms with van der Waals surface area (Å²) in [4.78, 5) is 46.2. The Kier molecular flexibility index (Phi) is 13.0. The summed E-state index contributed by atoms with van der Waals surface area (Å²) in [6.45, 7) is 1.28. The molecule has 3 atom stereocenters. The van der Waals surface area contributed by atoms with E-state index in [-0.39, 0.29) is 35.8 Å². The van der Waals surface area contributed by atoms with Crippen LogP contribution in [-0.4, -0.2) is 59.9 Å². The average Bonchev–Trinajstić information content (AvgIpc) is 3.35. The molecule has 0 radical (unpaired) electrons. The molecule has 0 aromatic heterocycles. The first-order valence-corrected chi connectivity index (χ1v) is 13.3. The fraction of sp³-hybridized carbons (Fsp3) is 0.818. The van der Waals surface area contributed by atoms with Crippen LogP contribution in [0.25, 0.3) is 0 Å². The Morgan fingerprint density at radius 2 is 1.39 bits per heavy atom. The van der Waals surface area contributed by atoms with E-state index in [0.717, 1.165) is 63.5 Å². The predicted octanol–water partition coefficient (Wildman–Crippen LogP) is 1.06. The van der Waals surface area contributed by atoms with Gasteiger partial charge in [0.15, 0.2) is 0 Å². The van der Waals surface area contributed by atoms with E-state index in [9.17, 15) is 19.2 Å². The van der Waals surface area contributed by atoms with E-state index in [1.165, 1.54) is 0 Å². The van der Waals surface area contributed by atoms with Gasteiger partial charge in [-0.25, -0.2) is 10.6 Å². The van der Waals surface area contributed by atoms with Gasteiger partial charge >= 0.3 is 6.03 Å². The Hall–Kier alpha value is -2.01. The van der Waals surface area contributed by atoms with Crippen molar-refractivity contribution in [3.8, 4) is 0 Å². The number of hydrogen-bond donors (Lipinski definition) is 6. The summed E-state index contributed by atoms with van der Waals surface area (Å²) in [5.74, 6) is 5.96. The van der Waals surface area contributed by atoms with Crippen LogP contribution in [0.15, 0.2) is 0 Å². The summed E-state index contributed by atoms with van der Waals surface area (Å²) in [6.07, 6.45) is 9.41. The van der Waals surface area contributed by atoms with Crippen LogP contribution in [-0.2, 0) is 14.4 Å². The molecule has 2 fully saturated rings. The Bertz CT molecular complexity index is 650. The van der Waals surface area contributed by atoms with Gasteiger partial charge < -0.3 is 21.3 Å². The molecule has 11 heteroatoms. The van der Waals surface area contributed by atoms with E-state index in [2.05, 4.69) is 26.7 Å². The van der Waals surface area contributed by atoms with Crippen molar-refractivity contribution in [3.63, 3.8) is 0 Å². The standard InChI is InChI=1S/C22H40N6O4S/c23-28-20(31)12-4-2-8-14-24-18(29)10-3-1-7-13-25-19(30)11-6-5-9-17-21-16(15-33-17)26-22(32)27-21/h16-17,21H,1-15,23H2,(H,24,29)(H,25,30)(H,28,31)(H2,26,27,32)/t16-,17?,21-/m0/s1. The minimum Gasteiger partial charge on any atom is -0.356 e. The second-order valence-corrected chi connectivity index (χ2v) is 10.0. The lowest BCUT2D eigenvalue weighted by Gasteiger charge is -2.16. The maximum Gasteiger partial charge on any atom is 0.315 e. The van der Waals surface area contributed by atoms with Gasteiger partial charge in [-0.15, -0.1) is 0 Å². The Labute approximate surface area is 200 Å². The van der Waals surface area contributed by atoms with Crippen molar-refractivity contribution in [3.05, 3.63) is 0 Å². The van der Waals surface area contributed by atoms with E-state index in [4.69, 9.17) is 5.84 Å². The van der Waals surface area contributed by atoms with Crippen LogP contribution in [0.3, 0.4) is 0 Å². The van der Waals surface area contributed by atoms with Gasteiger partial charge in [0.25, 0.3) is 0 Å². The van der Waals surface area contributed by atoms with Gasteiger partial charge in [0.2, 0.25) is 17.7 Å². The molecule has 0 aliphatic carbocycles. The summed E-state index contributed by atoms with van der Waals surface area (Å²) < 4.78 is 0. The molecule has 0 aromatic rings. The monoisotopic (exact) mass is 484 g/mol. The number of hydrogen-bond acceptors (Lipinski definition) is 6. The molecule has 0 spiro atoms. The summed E-state index contributed by atoms with van der Waals surface area (Å²) in [6, 6.07) is 0.428. The smallest absolute Gasteiger partial charge is 0.315 e. The van der Waals surface area contributed by atoms with Crippen molar-refractivity contribution >= 4 is 35.5 Å². The van der Waals surface area contributed by atoms with Gasteiger partial charge in [0, 0.05) is 43.4 Å². The van der Waals surface area contributed by atoms with Crippen molar-refractivity contribution in [2.24, 2.45) is 5.84 Å². The number of hydrazine groups is 1. The molecular weight excluding hydrogens is 444 g/mol. The molecule has 2 rings (SSSR count). The first-order valence-electron chi connectivity index (χ1n) is 12.2. The van der Waals surface area contributed by atoms with E-state index >= 15 is 0 Å². The van der Waals surface area contributed by atoms with E-state index < -0.39 is 0 Å². The zero-order valence-corrected chi connectivity index (χ0v) is 20.3. The molecule has 2 aliphatic rings. The molecule has 10 nitrogen and oxygen atoms in total. The van der Waals surface area contributed by atoms with Crippen molar-refractivity contribution in [2.45, 2.75) is 94.4 Å². The lowest BCUT2D eigenvalue weighted by molar-refractivity contribution is -0.122. The molecule has 2 aliphatic heterocycles. The molecule has 1 unspecified atom stereocenters.